The Bertz CT molecular complexity index is 449. The van der Waals surface area contributed by atoms with E-state index in [1.807, 2.05) is 25.4 Å². The molecule has 1 fully saturated rings. The van der Waals surface area contributed by atoms with E-state index in [-0.39, 0.29) is 12.0 Å². The molecule has 0 amide bonds. The van der Waals surface area contributed by atoms with Crippen molar-refractivity contribution in [2.75, 3.05) is 7.05 Å². The van der Waals surface area contributed by atoms with Gasteiger partial charge in [-0.05, 0) is 43.9 Å². The topological polar surface area (TPSA) is 53.4 Å². The maximum Gasteiger partial charge on any atom is 0.308 e. The summed E-state index contributed by atoms with van der Waals surface area (Å²) in [7, 11) is 2.04. The highest BCUT2D eigenvalue weighted by Gasteiger charge is 2.36. The van der Waals surface area contributed by atoms with Gasteiger partial charge in [-0.1, -0.05) is 25.8 Å². The molecular formula is C17H26N2O2. The molecule has 4 heteroatoms. The van der Waals surface area contributed by atoms with Crippen LogP contribution in [0.4, 0.5) is 0 Å². The standard InChI is InChI=1S/C17H26N2O2/c1-3-5-13-7-8-15(17(20)21)16(10-13)19(2)12-14-6-4-9-18-11-14/h4,6,9,11,13,15-16H,3,5,7-8,10,12H2,1-2H3,(H,20,21). The molecule has 4 nitrogen and oxygen atoms in total. The Hall–Kier alpha value is -1.42. The molecule has 1 saturated carbocycles. The van der Waals surface area contributed by atoms with Crippen molar-refractivity contribution in [3.63, 3.8) is 0 Å². The van der Waals surface area contributed by atoms with E-state index in [2.05, 4.69) is 16.8 Å². The molecule has 0 aliphatic heterocycles. The molecule has 1 aliphatic rings. The van der Waals surface area contributed by atoms with Gasteiger partial charge in [0.1, 0.15) is 0 Å². The number of carboxylic acids is 1. The predicted molar refractivity (Wildman–Crippen MR) is 82.9 cm³/mol. The molecule has 3 atom stereocenters. The Morgan fingerprint density at radius 3 is 2.90 bits per heavy atom. The van der Waals surface area contributed by atoms with Gasteiger partial charge in [-0.15, -0.1) is 0 Å². The molecule has 21 heavy (non-hydrogen) atoms. The zero-order chi connectivity index (χ0) is 15.2. The molecule has 1 aromatic heterocycles. The summed E-state index contributed by atoms with van der Waals surface area (Å²) < 4.78 is 0. The summed E-state index contributed by atoms with van der Waals surface area (Å²) in [6.45, 7) is 2.97. The lowest BCUT2D eigenvalue weighted by atomic mass is 9.76. The minimum Gasteiger partial charge on any atom is -0.481 e. The fourth-order valence-corrected chi connectivity index (χ4v) is 3.57. The van der Waals surface area contributed by atoms with Gasteiger partial charge >= 0.3 is 5.97 Å². The SMILES string of the molecule is CCCC1CCC(C(=O)O)C(N(C)Cc2cccnc2)C1. The smallest absolute Gasteiger partial charge is 0.308 e. The Balaban J connectivity index is 2.05. The summed E-state index contributed by atoms with van der Waals surface area (Å²) in [5.74, 6) is -0.209. The fourth-order valence-electron chi connectivity index (χ4n) is 3.57. The van der Waals surface area contributed by atoms with Crippen molar-refractivity contribution in [2.24, 2.45) is 11.8 Å². The van der Waals surface area contributed by atoms with E-state index in [1.54, 1.807) is 6.20 Å². The molecule has 3 unspecified atom stereocenters. The van der Waals surface area contributed by atoms with Gasteiger partial charge in [0.2, 0.25) is 0 Å². The lowest BCUT2D eigenvalue weighted by Gasteiger charge is -2.39. The first-order valence-corrected chi connectivity index (χ1v) is 7.93. The minimum absolute atomic E-state index is 0.132. The number of hydrogen-bond donors (Lipinski definition) is 1. The average molecular weight is 290 g/mol. The second-order valence-corrected chi connectivity index (χ2v) is 6.26. The third-order valence-corrected chi connectivity index (χ3v) is 4.66. The maximum absolute atomic E-state index is 11.5. The molecule has 1 aromatic rings. The number of carboxylic acid groups (broad SMARTS) is 1. The molecule has 0 spiro atoms. The van der Waals surface area contributed by atoms with Gasteiger partial charge in [0.05, 0.1) is 5.92 Å². The first-order valence-electron chi connectivity index (χ1n) is 7.93. The Kier molecular flexibility index (Phi) is 5.74. The molecule has 2 rings (SSSR count). The third-order valence-electron chi connectivity index (χ3n) is 4.66. The lowest BCUT2D eigenvalue weighted by Crippen LogP contribution is -2.45. The van der Waals surface area contributed by atoms with Crippen LogP contribution >= 0.6 is 0 Å². The fraction of sp³-hybridized carbons (Fsp3) is 0.647. The molecule has 1 N–H and O–H groups in total. The average Bonchev–Trinajstić information content (AvgIpc) is 2.48. The van der Waals surface area contributed by atoms with Gasteiger partial charge in [0.15, 0.2) is 0 Å². The lowest BCUT2D eigenvalue weighted by molar-refractivity contribution is -0.146. The monoisotopic (exact) mass is 290 g/mol. The van der Waals surface area contributed by atoms with Gasteiger partial charge in [0, 0.05) is 25.0 Å². The van der Waals surface area contributed by atoms with Crippen LogP contribution in [0, 0.1) is 11.8 Å². The first kappa shape index (κ1) is 16.0. The second kappa shape index (κ2) is 7.55. The number of aromatic nitrogens is 1. The first-order chi connectivity index (χ1) is 10.1. The molecule has 0 bridgehead atoms. The molecule has 0 radical (unpaired) electrons. The summed E-state index contributed by atoms with van der Waals surface area (Å²) in [6, 6.07) is 4.11. The van der Waals surface area contributed by atoms with Crippen LogP contribution in [0.25, 0.3) is 0 Å². The number of hydrogen-bond acceptors (Lipinski definition) is 3. The number of rotatable bonds is 6. The summed E-state index contributed by atoms with van der Waals surface area (Å²) in [5.41, 5.74) is 1.14. The van der Waals surface area contributed by atoms with Crippen LogP contribution in [-0.4, -0.2) is 34.0 Å². The Labute approximate surface area is 127 Å². The summed E-state index contributed by atoms with van der Waals surface area (Å²) in [5, 5.41) is 9.50. The molecule has 0 aromatic carbocycles. The van der Waals surface area contributed by atoms with Crippen LogP contribution in [0.5, 0.6) is 0 Å². The van der Waals surface area contributed by atoms with Crippen LogP contribution in [-0.2, 0) is 11.3 Å². The van der Waals surface area contributed by atoms with E-state index in [0.717, 1.165) is 31.4 Å². The van der Waals surface area contributed by atoms with Crippen molar-refractivity contribution in [2.45, 2.75) is 51.6 Å². The van der Waals surface area contributed by atoms with Crippen molar-refractivity contribution in [1.82, 2.24) is 9.88 Å². The van der Waals surface area contributed by atoms with Gasteiger partial charge in [-0.25, -0.2) is 0 Å². The Morgan fingerprint density at radius 1 is 1.48 bits per heavy atom. The van der Waals surface area contributed by atoms with E-state index in [0.29, 0.717) is 5.92 Å². The van der Waals surface area contributed by atoms with Gasteiger partial charge in [0.25, 0.3) is 0 Å². The second-order valence-electron chi connectivity index (χ2n) is 6.26. The van der Waals surface area contributed by atoms with Crippen molar-refractivity contribution in [1.29, 1.82) is 0 Å². The number of nitrogens with zero attached hydrogens (tertiary/aromatic N) is 2. The Morgan fingerprint density at radius 2 is 2.29 bits per heavy atom. The number of aliphatic carboxylic acids is 1. The molecular weight excluding hydrogens is 264 g/mol. The molecule has 1 aliphatic carbocycles. The highest BCUT2D eigenvalue weighted by molar-refractivity contribution is 5.71. The van der Waals surface area contributed by atoms with Crippen molar-refractivity contribution < 1.29 is 9.90 Å². The van der Waals surface area contributed by atoms with E-state index >= 15 is 0 Å². The zero-order valence-corrected chi connectivity index (χ0v) is 13.0. The normalized spacial score (nSPS) is 26.0. The van der Waals surface area contributed by atoms with Crippen LogP contribution in [0.2, 0.25) is 0 Å². The van der Waals surface area contributed by atoms with Gasteiger partial charge in [-0.3, -0.25) is 14.7 Å². The van der Waals surface area contributed by atoms with Crippen molar-refractivity contribution >= 4 is 5.97 Å². The molecule has 116 valence electrons. The summed E-state index contributed by atoms with van der Waals surface area (Å²) >= 11 is 0. The summed E-state index contributed by atoms with van der Waals surface area (Å²) in [4.78, 5) is 17.9. The van der Waals surface area contributed by atoms with Crippen LogP contribution in [0.1, 0.15) is 44.6 Å². The van der Waals surface area contributed by atoms with Crippen molar-refractivity contribution in [3.8, 4) is 0 Å². The van der Waals surface area contributed by atoms with E-state index in [1.165, 1.54) is 12.8 Å². The summed E-state index contributed by atoms with van der Waals surface area (Å²) in [6.07, 6.45) is 8.89. The minimum atomic E-state index is -0.645. The highest BCUT2D eigenvalue weighted by atomic mass is 16.4. The van der Waals surface area contributed by atoms with E-state index in [4.69, 9.17) is 0 Å². The number of carbonyl (C=O) groups is 1. The predicted octanol–water partition coefficient (Wildman–Crippen LogP) is 3.18. The zero-order valence-electron chi connectivity index (χ0n) is 13.0. The maximum atomic E-state index is 11.5. The van der Waals surface area contributed by atoms with Gasteiger partial charge < -0.3 is 5.11 Å². The van der Waals surface area contributed by atoms with Crippen LogP contribution in [0.15, 0.2) is 24.5 Å². The van der Waals surface area contributed by atoms with Gasteiger partial charge in [-0.2, -0.15) is 0 Å². The third kappa shape index (κ3) is 4.27. The largest absolute Gasteiger partial charge is 0.481 e. The molecule has 1 heterocycles. The number of pyridine rings is 1. The molecule has 0 saturated heterocycles. The van der Waals surface area contributed by atoms with Crippen LogP contribution in [0.3, 0.4) is 0 Å². The van der Waals surface area contributed by atoms with E-state index < -0.39 is 5.97 Å². The quantitative estimate of drug-likeness (QED) is 0.874. The van der Waals surface area contributed by atoms with E-state index in [9.17, 15) is 9.90 Å². The van der Waals surface area contributed by atoms with Crippen molar-refractivity contribution in [3.05, 3.63) is 30.1 Å². The highest BCUT2D eigenvalue weighted by Crippen LogP contribution is 2.35. The van der Waals surface area contributed by atoms with Crippen LogP contribution < -0.4 is 0 Å².